The molecule has 0 spiro atoms. The van der Waals surface area contributed by atoms with Crippen LogP contribution in [0.1, 0.15) is 41.9 Å². The molecule has 2 rings (SSSR count). The third-order valence-corrected chi connectivity index (χ3v) is 3.67. The lowest BCUT2D eigenvalue weighted by molar-refractivity contribution is 0.0934. The molecule has 1 heterocycles. The molecular weight excluding hydrogens is 276 g/mol. The van der Waals surface area contributed by atoms with Crippen LogP contribution in [0.3, 0.4) is 0 Å². The van der Waals surface area contributed by atoms with Crippen molar-refractivity contribution in [1.29, 1.82) is 0 Å². The SMILES string of the molecule is CCC(C)NC(=O)c1cc(Nc2ccc(C)c(C)c2)ncn1. The number of amides is 1. The second kappa shape index (κ2) is 7.02. The number of aryl methyl sites for hydroxylation is 2. The van der Waals surface area contributed by atoms with E-state index in [0.717, 1.165) is 12.1 Å². The first-order valence-electron chi connectivity index (χ1n) is 7.46. The van der Waals surface area contributed by atoms with E-state index in [-0.39, 0.29) is 11.9 Å². The molecule has 22 heavy (non-hydrogen) atoms. The van der Waals surface area contributed by atoms with Gasteiger partial charge in [-0.05, 0) is 50.5 Å². The number of benzene rings is 1. The lowest BCUT2D eigenvalue weighted by Gasteiger charge is -2.12. The van der Waals surface area contributed by atoms with E-state index in [2.05, 4.69) is 46.6 Å². The summed E-state index contributed by atoms with van der Waals surface area (Å²) in [6, 6.07) is 7.88. The predicted octanol–water partition coefficient (Wildman–Crippen LogP) is 3.37. The molecule has 5 heteroatoms. The van der Waals surface area contributed by atoms with Crippen LogP contribution in [0.25, 0.3) is 0 Å². The van der Waals surface area contributed by atoms with Crippen molar-refractivity contribution >= 4 is 17.4 Å². The Morgan fingerprint density at radius 2 is 1.95 bits per heavy atom. The average Bonchev–Trinajstić information content (AvgIpc) is 2.51. The summed E-state index contributed by atoms with van der Waals surface area (Å²) in [5.41, 5.74) is 3.74. The second-order valence-corrected chi connectivity index (χ2v) is 5.50. The summed E-state index contributed by atoms with van der Waals surface area (Å²) in [6.45, 7) is 8.12. The van der Waals surface area contributed by atoms with Crippen molar-refractivity contribution < 1.29 is 4.79 Å². The van der Waals surface area contributed by atoms with E-state index in [0.29, 0.717) is 11.5 Å². The molecular formula is C17H22N4O. The molecule has 1 aromatic heterocycles. The fraction of sp³-hybridized carbons (Fsp3) is 0.353. The number of nitrogens with one attached hydrogen (secondary N) is 2. The molecule has 0 radical (unpaired) electrons. The molecule has 1 amide bonds. The van der Waals surface area contributed by atoms with Gasteiger partial charge in [-0.3, -0.25) is 4.79 Å². The van der Waals surface area contributed by atoms with Crippen LogP contribution in [0.5, 0.6) is 0 Å². The van der Waals surface area contributed by atoms with E-state index in [4.69, 9.17) is 0 Å². The Balaban J connectivity index is 2.14. The Hall–Kier alpha value is -2.43. The Kier molecular flexibility index (Phi) is 5.09. The Morgan fingerprint density at radius 3 is 2.64 bits per heavy atom. The van der Waals surface area contributed by atoms with Crippen LogP contribution in [0.15, 0.2) is 30.6 Å². The third kappa shape index (κ3) is 4.04. The highest BCUT2D eigenvalue weighted by Gasteiger charge is 2.11. The quantitative estimate of drug-likeness (QED) is 0.888. The minimum atomic E-state index is -0.181. The summed E-state index contributed by atoms with van der Waals surface area (Å²) in [6.07, 6.45) is 2.28. The first-order chi connectivity index (χ1) is 10.5. The van der Waals surface area contributed by atoms with E-state index in [1.807, 2.05) is 19.9 Å². The molecule has 0 aliphatic carbocycles. The molecule has 1 atom stereocenters. The Bertz CT molecular complexity index is 669. The number of hydrogen-bond acceptors (Lipinski definition) is 4. The van der Waals surface area contributed by atoms with Gasteiger partial charge in [-0.25, -0.2) is 9.97 Å². The lowest BCUT2D eigenvalue weighted by Crippen LogP contribution is -2.32. The Labute approximate surface area is 131 Å². The number of hydrogen-bond donors (Lipinski definition) is 2. The van der Waals surface area contributed by atoms with Crippen LogP contribution in [0, 0.1) is 13.8 Å². The van der Waals surface area contributed by atoms with Gasteiger partial charge in [0, 0.05) is 17.8 Å². The smallest absolute Gasteiger partial charge is 0.270 e. The summed E-state index contributed by atoms with van der Waals surface area (Å²) in [4.78, 5) is 20.3. The summed E-state index contributed by atoms with van der Waals surface area (Å²) in [5, 5.41) is 6.10. The topological polar surface area (TPSA) is 66.9 Å². The molecule has 116 valence electrons. The standard InChI is InChI=1S/C17H22N4O/c1-5-13(4)20-17(22)15-9-16(19-10-18-15)21-14-7-6-11(2)12(3)8-14/h6-10,13H,5H2,1-4H3,(H,20,22)(H,18,19,21). The molecule has 2 aromatic rings. The summed E-state index contributed by atoms with van der Waals surface area (Å²) >= 11 is 0. The fourth-order valence-electron chi connectivity index (χ4n) is 1.92. The van der Waals surface area contributed by atoms with Crippen molar-refractivity contribution in [3.63, 3.8) is 0 Å². The second-order valence-electron chi connectivity index (χ2n) is 5.50. The zero-order chi connectivity index (χ0) is 16.1. The number of nitrogens with zero attached hydrogens (tertiary/aromatic N) is 2. The van der Waals surface area contributed by atoms with E-state index >= 15 is 0 Å². The van der Waals surface area contributed by atoms with Crippen LogP contribution in [-0.2, 0) is 0 Å². The molecule has 0 aliphatic rings. The first-order valence-corrected chi connectivity index (χ1v) is 7.46. The molecule has 0 fully saturated rings. The summed E-state index contributed by atoms with van der Waals surface area (Å²) < 4.78 is 0. The van der Waals surface area contributed by atoms with Crippen molar-refractivity contribution in [3.8, 4) is 0 Å². The maximum Gasteiger partial charge on any atom is 0.270 e. The number of carbonyl (C=O) groups is 1. The third-order valence-electron chi connectivity index (χ3n) is 3.67. The zero-order valence-corrected chi connectivity index (χ0v) is 13.5. The van der Waals surface area contributed by atoms with Crippen molar-refractivity contribution in [2.75, 3.05) is 5.32 Å². The summed E-state index contributed by atoms with van der Waals surface area (Å²) in [5.74, 6) is 0.424. The van der Waals surface area contributed by atoms with Crippen LogP contribution < -0.4 is 10.6 Å². The highest BCUT2D eigenvalue weighted by Crippen LogP contribution is 2.18. The molecule has 0 saturated carbocycles. The van der Waals surface area contributed by atoms with E-state index in [1.54, 1.807) is 6.07 Å². The van der Waals surface area contributed by atoms with E-state index in [1.165, 1.54) is 17.5 Å². The largest absolute Gasteiger partial charge is 0.348 e. The van der Waals surface area contributed by atoms with Gasteiger partial charge in [-0.2, -0.15) is 0 Å². The predicted molar refractivity (Wildman–Crippen MR) is 88.4 cm³/mol. The van der Waals surface area contributed by atoms with Crippen molar-refractivity contribution in [1.82, 2.24) is 15.3 Å². The zero-order valence-electron chi connectivity index (χ0n) is 13.5. The molecule has 0 bridgehead atoms. The minimum Gasteiger partial charge on any atom is -0.348 e. The number of aromatic nitrogens is 2. The normalized spacial score (nSPS) is 11.8. The molecule has 5 nitrogen and oxygen atoms in total. The highest BCUT2D eigenvalue weighted by atomic mass is 16.1. The highest BCUT2D eigenvalue weighted by molar-refractivity contribution is 5.93. The van der Waals surface area contributed by atoms with Gasteiger partial charge in [0.25, 0.3) is 5.91 Å². The lowest BCUT2D eigenvalue weighted by atomic mass is 10.1. The van der Waals surface area contributed by atoms with Crippen molar-refractivity contribution in [2.45, 2.75) is 40.2 Å². The van der Waals surface area contributed by atoms with Gasteiger partial charge in [0.15, 0.2) is 0 Å². The van der Waals surface area contributed by atoms with Crippen LogP contribution in [-0.4, -0.2) is 21.9 Å². The van der Waals surface area contributed by atoms with Gasteiger partial charge in [0.05, 0.1) is 0 Å². The van der Waals surface area contributed by atoms with Gasteiger partial charge < -0.3 is 10.6 Å². The minimum absolute atomic E-state index is 0.124. The van der Waals surface area contributed by atoms with Crippen LogP contribution >= 0.6 is 0 Å². The van der Waals surface area contributed by atoms with Gasteiger partial charge in [-0.1, -0.05) is 13.0 Å². The molecule has 2 N–H and O–H groups in total. The summed E-state index contributed by atoms with van der Waals surface area (Å²) in [7, 11) is 0. The average molecular weight is 298 g/mol. The number of anilines is 2. The van der Waals surface area contributed by atoms with E-state index in [9.17, 15) is 4.79 Å². The molecule has 1 unspecified atom stereocenters. The number of rotatable bonds is 5. The van der Waals surface area contributed by atoms with Gasteiger partial charge in [-0.15, -0.1) is 0 Å². The monoisotopic (exact) mass is 298 g/mol. The number of carbonyl (C=O) groups excluding carboxylic acids is 1. The Morgan fingerprint density at radius 1 is 1.18 bits per heavy atom. The van der Waals surface area contributed by atoms with Crippen LogP contribution in [0.2, 0.25) is 0 Å². The van der Waals surface area contributed by atoms with Gasteiger partial charge >= 0.3 is 0 Å². The van der Waals surface area contributed by atoms with E-state index < -0.39 is 0 Å². The van der Waals surface area contributed by atoms with Gasteiger partial charge in [0.2, 0.25) is 0 Å². The molecule has 0 saturated heterocycles. The first kappa shape index (κ1) is 15.9. The van der Waals surface area contributed by atoms with Crippen molar-refractivity contribution in [2.24, 2.45) is 0 Å². The van der Waals surface area contributed by atoms with Crippen LogP contribution in [0.4, 0.5) is 11.5 Å². The van der Waals surface area contributed by atoms with Gasteiger partial charge in [0.1, 0.15) is 17.8 Å². The maximum atomic E-state index is 12.1. The molecule has 1 aromatic carbocycles. The van der Waals surface area contributed by atoms with Crippen molar-refractivity contribution in [3.05, 3.63) is 47.4 Å². The maximum absolute atomic E-state index is 12.1. The fourth-order valence-corrected chi connectivity index (χ4v) is 1.92. The molecule has 0 aliphatic heterocycles.